The summed E-state index contributed by atoms with van der Waals surface area (Å²) in [5.41, 5.74) is 3.32. The highest BCUT2D eigenvalue weighted by Crippen LogP contribution is 2.28. The summed E-state index contributed by atoms with van der Waals surface area (Å²) in [6, 6.07) is 12.6. The van der Waals surface area contributed by atoms with Gasteiger partial charge >= 0.3 is 12.7 Å². The molecule has 0 radical (unpaired) electrons. The lowest BCUT2D eigenvalue weighted by Gasteiger charge is -2.35. The standard InChI is InChI=1S/C30H34F2N6O4/c1-30(2,3)42-29(39)37-13-11-36(12-14-37)28-33-16-22(17-34-28)20-9-10-23-24(15-20)38(26(35-23)19-40-4)18-21-7-5-6-8-25(21)41-27(31)32/h5-10,15-17,27H,11-14,18-19H2,1-4H3. The van der Waals surface area contributed by atoms with Crippen LogP contribution in [-0.4, -0.2) is 76.0 Å². The second kappa shape index (κ2) is 12.3. The van der Waals surface area contributed by atoms with Crippen molar-refractivity contribution in [1.82, 2.24) is 24.4 Å². The zero-order valence-corrected chi connectivity index (χ0v) is 24.1. The van der Waals surface area contributed by atoms with Gasteiger partial charge < -0.3 is 28.6 Å². The van der Waals surface area contributed by atoms with Gasteiger partial charge in [-0.05, 0) is 44.5 Å². The lowest BCUT2D eigenvalue weighted by molar-refractivity contribution is -0.0505. The Morgan fingerprint density at radius 3 is 2.38 bits per heavy atom. The van der Waals surface area contributed by atoms with E-state index in [2.05, 4.69) is 9.97 Å². The minimum absolute atomic E-state index is 0.116. The fourth-order valence-corrected chi connectivity index (χ4v) is 4.83. The Morgan fingerprint density at radius 2 is 1.71 bits per heavy atom. The number of carbonyl (C=O) groups is 1. The third kappa shape index (κ3) is 6.76. The second-order valence-corrected chi connectivity index (χ2v) is 11.0. The molecule has 0 spiro atoms. The number of carbonyl (C=O) groups excluding carboxylic acids is 1. The Bertz CT molecular complexity index is 1530. The number of imidazole rings is 1. The van der Waals surface area contributed by atoms with Crippen LogP contribution in [0.2, 0.25) is 0 Å². The molecule has 1 aliphatic heterocycles. The molecule has 2 aromatic carbocycles. The van der Waals surface area contributed by atoms with E-state index >= 15 is 0 Å². The van der Waals surface area contributed by atoms with Gasteiger partial charge in [-0.25, -0.2) is 19.7 Å². The molecule has 10 nitrogen and oxygen atoms in total. The van der Waals surface area contributed by atoms with E-state index in [1.165, 1.54) is 6.07 Å². The second-order valence-electron chi connectivity index (χ2n) is 11.0. The minimum atomic E-state index is -2.92. The Morgan fingerprint density at radius 1 is 1.00 bits per heavy atom. The number of amides is 1. The monoisotopic (exact) mass is 580 g/mol. The molecule has 0 saturated carbocycles. The van der Waals surface area contributed by atoms with Crippen molar-refractivity contribution in [2.45, 2.75) is 46.1 Å². The number of piperazine rings is 1. The summed E-state index contributed by atoms with van der Waals surface area (Å²) in [6.45, 7) is 5.40. The van der Waals surface area contributed by atoms with Crippen LogP contribution in [0.1, 0.15) is 32.2 Å². The summed E-state index contributed by atoms with van der Waals surface area (Å²) in [7, 11) is 1.58. The van der Waals surface area contributed by atoms with Gasteiger partial charge in [-0.2, -0.15) is 8.78 Å². The van der Waals surface area contributed by atoms with Crippen molar-refractivity contribution in [3.8, 4) is 16.9 Å². The molecule has 1 amide bonds. The highest BCUT2D eigenvalue weighted by Gasteiger charge is 2.27. The maximum atomic E-state index is 13.0. The first-order valence-corrected chi connectivity index (χ1v) is 13.7. The van der Waals surface area contributed by atoms with E-state index in [0.29, 0.717) is 43.5 Å². The molecule has 0 unspecified atom stereocenters. The van der Waals surface area contributed by atoms with Gasteiger partial charge in [-0.3, -0.25) is 0 Å². The molecule has 42 heavy (non-hydrogen) atoms. The van der Waals surface area contributed by atoms with Crippen LogP contribution in [0.4, 0.5) is 19.5 Å². The molecule has 1 saturated heterocycles. The molecule has 4 aromatic rings. The Kier molecular flexibility index (Phi) is 8.53. The Balaban J connectivity index is 1.35. The summed E-state index contributed by atoms with van der Waals surface area (Å²) >= 11 is 0. The number of aromatic nitrogens is 4. The van der Waals surface area contributed by atoms with Crippen molar-refractivity contribution in [3.05, 3.63) is 66.2 Å². The van der Waals surface area contributed by atoms with Crippen molar-refractivity contribution in [1.29, 1.82) is 0 Å². The van der Waals surface area contributed by atoms with Gasteiger partial charge in [0, 0.05) is 56.8 Å². The summed E-state index contributed by atoms with van der Waals surface area (Å²) < 4.78 is 43.6. The van der Waals surface area contributed by atoms with Crippen molar-refractivity contribution in [3.63, 3.8) is 0 Å². The number of benzene rings is 2. The molecular weight excluding hydrogens is 546 g/mol. The van der Waals surface area contributed by atoms with Gasteiger partial charge in [0.05, 0.1) is 17.6 Å². The van der Waals surface area contributed by atoms with Gasteiger partial charge in [0.15, 0.2) is 0 Å². The van der Waals surface area contributed by atoms with Crippen molar-refractivity contribution < 1.29 is 27.8 Å². The average molecular weight is 581 g/mol. The molecule has 5 rings (SSSR count). The minimum Gasteiger partial charge on any atom is -0.444 e. The number of nitrogens with zero attached hydrogens (tertiary/aromatic N) is 6. The molecule has 12 heteroatoms. The number of methoxy groups -OCH3 is 1. The zero-order valence-electron chi connectivity index (χ0n) is 24.1. The molecule has 0 aliphatic carbocycles. The van der Waals surface area contributed by atoms with E-state index < -0.39 is 12.2 Å². The lowest BCUT2D eigenvalue weighted by Crippen LogP contribution is -2.50. The fraction of sp³-hybridized carbons (Fsp3) is 0.400. The van der Waals surface area contributed by atoms with Crippen LogP contribution in [-0.2, 0) is 22.6 Å². The maximum Gasteiger partial charge on any atom is 0.410 e. The molecule has 1 fully saturated rings. The van der Waals surface area contributed by atoms with E-state index in [4.69, 9.17) is 19.2 Å². The van der Waals surface area contributed by atoms with Crippen LogP contribution in [0.15, 0.2) is 54.9 Å². The van der Waals surface area contributed by atoms with E-state index in [1.807, 2.05) is 48.4 Å². The van der Waals surface area contributed by atoms with Gasteiger partial charge in [-0.1, -0.05) is 24.3 Å². The number of alkyl halides is 2. The first-order chi connectivity index (χ1) is 20.1. The third-order valence-electron chi connectivity index (χ3n) is 6.80. The molecule has 3 heterocycles. The molecule has 0 N–H and O–H groups in total. The van der Waals surface area contributed by atoms with Crippen LogP contribution in [0.25, 0.3) is 22.2 Å². The van der Waals surface area contributed by atoms with Gasteiger partial charge in [0.1, 0.15) is 23.8 Å². The van der Waals surface area contributed by atoms with Crippen molar-refractivity contribution >= 4 is 23.1 Å². The summed E-state index contributed by atoms with van der Waals surface area (Å²) in [5.74, 6) is 1.37. The number of rotatable bonds is 8. The van der Waals surface area contributed by atoms with Crippen LogP contribution < -0.4 is 9.64 Å². The van der Waals surface area contributed by atoms with E-state index in [1.54, 1.807) is 42.6 Å². The highest BCUT2D eigenvalue weighted by molar-refractivity contribution is 5.82. The normalized spacial score (nSPS) is 14.1. The van der Waals surface area contributed by atoms with E-state index in [-0.39, 0.29) is 25.0 Å². The molecule has 222 valence electrons. The van der Waals surface area contributed by atoms with Gasteiger partial charge in [-0.15, -0.1) is 0 Å². The molecule has 0 atom stereocenters. The summed E-state index contributed by atoms with van der Waals surface area (Å²) in [5, 5.41) is 0. The molecule has 0 bridgehead atoms. The highest BCUT2D eigenvalue weighted by atomic mass is 19.3. The van der Waals surface area contributed by atoms with Gasteiger partial charge in [0.25, 0.3) is 0 Å². The Labute approximate surface area is 242 Å². The Hall–Kier alpha value is -4.32. The van der Waals surface area contributed by atoms with Crippen molar-refractivity contribution in [2.75, 3.05) is 38.2 Å². The first-order valence-electron chi connectivity index (χ1n) is 13.7. The van der Waals surface area contributed by atoms with E-state index in [0.717, 1.165) is 22.2 Å². The number of hydrogen-bond acceptors (Lipinski definition) is 8. The lowest BCUT2D eigenvalue weighted by atomic mass is 10.1. The number of fused-ring (bicyclic) bond motifs is 1. The van der Waals surface area contributed by atoms with Crippen LogP contribution in [0, 0.1) is 0 Å². The van der Waals surface area contributed by atoms with Crippen LogP contribution >= 0.6 is 0 Å². The number of ether oxygens (including phenoxy) is 3. The first kappa shape index (κ1) is 29.2. The number of anilines is 1. The summed E-state index contributed by atoms with van der Waals surface area (Å²) in [4.78, 5) is 30.0. The number of para-hydroxylation sites is 1. The fourth-order valence-electron chi connectivity index (χ4n) is 4.83. The largest absolute Gasteiger partial charge is 0.444 e. The van der Waals surface area contributed by atoms with Gasteiger partial charge in [0.2, 0.25) is 5.95 Å². The predicted molar refractivity (Wildman–Crippen MR) is 154 cm³/mol. The molecular formula is C30H34F2N6O4. The number of halogens is 2. The zero-order chi connectivity index (χ0) is 29.9. The molecule has 1 aliphatic rings. The third-order valence-corrected chi connectivity index (χ3v) is 6.80. The smallest absolute Gasteiger partial charge is 0.410 e. The predicted octanol–water partition coefficient (Wildman–Crippen LogP) is 5.35. The maximum absolute atomic E-state index is 13.0. The SMILES string of the molecule is COCc1nc2ccc(-c3cnc(N4CCN(C(=O)OC(C)(C)C)CC4)nc3)cc2n1Cc1ccccc1OC(F)F. The quantitative estimate of drug-likeness (QED) is 0.276. The number of hydrogen-bond donors (Lipinski definition) is 0. The topological polar surface area (TPSA) is 94.8 Å². The summed E-state index contributed by atoms with van der Waals surface area (Å²) in [6.07, 6.45) is 3.23. The van der Waals surface area contributed by atoms with E-state index in [9.17, 15) is 13.6 Å². The van der Waals surface area contributed by atoms with Crippen LogP contribution in [0.5, 0.6) is 5.75 Å². The van der Waals surface area contributed by atoms with Crippen LogP contribution in [0.3, 0.4) is 0 Å². The molecule has 2 aromatic heterocycles. The average Bonchev–Trinajstić information content (AvgIpc) is 3.29. The van der Waals surface area contributed by atoms with Crippen molar-refractivity contribution in [2.24, 2.45) is 0 Å².